The summed E-state index contributed by atoms with van der Waals surface area (Å²) in [4.78, 5) is 19.9. The number of nitrogens with one attached hydrogen (secondary N) is 1. The number of ether oxygens (including phenoxy) is 1. The van der Waals surface area contributed by atoms with E-state index in [1.807, 2.05) is 19.1 Å². The number of fused-ring (bicyclic) bond motifs is 1. The van der Waals surface area contributed by atoms with E-state index in [0.717, 1.165) is 40.8 Å². The molecule has 1 aromatic heterocycles. The van der Waals surface area contributed by atoms with Gasteiger partial charge in [-0.05, 0) is 86.0 Å². The standard InChI is InChI=1S/C26H23ClFN3O4S2/c1-16-22(27)12-13-23-24(16)29-26(36-23)31(15-20-3-2-14-35-20)25(32)17-4-8-19(9-5-17)30-37(33,34)21-10-6-18(28)7-11-21/h4-13,20,30H,2-3,14-15H2,1H3. The maximum atomic E-state index is 13.6. The number of aryl methyl sites for hydroxylation is 1. The van der Waals surface area contributed by atoms with Gasteiger partial charge in [-0.15, -0.1) is 0 Å². The summed E-state index contributed by atoms with van der Waals surface area (Å²) in [5.74, 6) is -0.799. The summed E-state index contributed by atoms with van der Waals surface area (Å²) in [5, 5.41) is 1.15. The van der Waals surface area contributed by atoms with Gasteiger partial charge in [0.2, 0.25) is 0 Å². The van der Waals surface area contributed by atoms with Crippen LogP contribution in [-0.4, -0.2) is 38.6 Å². The maximum absolute atomic E-state index is 13.6. The molecule has 1 fully saturated rings. The molecule has 0 bridgehead atoms. The molecule has 1 saturated heterocycles. The Morgan fingerprint density at radius 2 is 1.89 bits per heavy atom. The fraction of sp³-hybridized carbons (Fsp3) is 0.231. The number of anilines is 2. The molecule has 2 heterocycles. The van der Waals surface area contributed by atoms with E-state index in [9.17, 15) is 17.6 Å². The summed E-state index contributed by atoms with van der Waals surface area (Å²) in [6.45, 7) is 2.90. The third-order valence-corrected chi connectivity index (χ3v) is 8.98. The molecular formula is C26H23ClFN3O4S2. The average Bonchev–Trinajstić information content (AvgIpc) is 3.55. The molecule has 192 valence electrons. The first-order valence-corrected chi connectivity index (χ1v) is 14.3. The Bertz CT molecular complexity index is 1550. The number of carbonyl (C=O) groups excluding carboxylic acids is 1. The van der Waals surface area contributed by atoms with Gasteiger partial charge in [0.1, 0.15) is 5.82 Å². The molecule has 0 radical (unpaired) electrons. The number of carbonyl (C=O) groups is 1. The van der Waals surface area contributed by atoms with Gasteiger partial charge in [0, 0.05) is 22.9 Å². The van der Waals surface area contributed by atoms with Gasteiger partial charge in [-0.3, -0.25) is 14.4 Å². The summed E-state index contributed by atoms with van der Waals surface area (Å²) in [7, 11) is -3.91. The lowest BCUT2D eigenvalue weighted by molar-refractivity contribution is 0.0917. The molecule has 1 N–H and O–H groups in total. The Labute approximate surface area is 222 Å². The predicted molar refractivity (Wildman–Crippen MR) is 144 cm³/mol. The molecule has 1 unspecified atom stereocenters. The Kier molecular flexibility index (Phi) is 7.17. The number of halogens is 2. The predicted octanol–water partition coefficient (Wildman–Crippen LogP) is 6.02. The highest BCUT2D eigenvalue weighted by molar-refractivity contribution is 7.92. The molecule has 5 rings (SSSR count). The molecule has 0 saturated carbocycles. The topological polar surface area (TPSA) is 88.6 Å². The monoisotopic (exact) mass is 559 g/mol. The van der Waals surface area contributed by atoms with E-state index in [2.05, 4.69) is 4.72 Å². The highest BCUT2D eigenvalue weighted by atomic mass is 35.5. The highest BCUT2D eigenvalue weighted by Gasteiger charge is 2.27. The van der Waals surface area contributed by atoms with Gasteiger partial charge < -0.3 is 4.74 Å². The van der Waals surface area contributed by atoms with Crippen LogP contribution in [0.4, 0.5) is 15.2 Å². The van der Waals surface area contributed by atoms with Gasteiger partial charge in [-0.25, -0.2) is 17.8 Å². The minimum atomic E-state index is -3.91. The smallest absolute Gasteiger partial charge is 0.261 e. The van der Waals surface area contributed by atoms with E-state index in [0.29, 0.717) is 28.9 Å². The van der Waals surface area contributed by atoms with Crippen molar-refractivity contribution in [2.45, 2.75) is 30.8 Å². The van der Waals surface area contributed by atoms with Crippen molar-refractivity contribution in [1.29, 1.82) is 0 Å². The van der Waals surface area contributed by atoms with Crippen LogP contribution in [0.3, 0.4) is 0 Å². The van der Waals surface area contributed by atoms with Crippen LogP contribution in [0.15, 0.2) is 65.6 Å². The fourth-order valence-corrected chi connectivity index (χ4v) is 6.35. The average molecular weight is 560 g/mol. The normalized spacial score (nSPS) is 15.7. The van der Waals surface area contributed by atoms with Crippen molar-refractivity contribution in [2.75, 3.05) is 22.8 Å². The van der Waals surface area contributed by atoms with E-state index in [-0.39, 0.29) is 22.6 Å². The second-order valence-electron chi connectivity index (χ2n) is 8.70. The third kappa shape index (κ3) is 5.47. The number of thiazole rings is 1. The molecule has 1 amide bonds. The summed E-state index contributed by atoms with van der Waals surface area (Å²) >= 11 is 7.68. The van der Waals surface area contributed by atoms with Crippen LogP contribution in [0.2, 0.25) is 5.02 Å². The number of aromatic nitrogens is 1. The van der Waals surface area contributed by atoms with E-state index >= 15 is 0 Å². The van der Waals surface area contributed by atoms with E-state index < -0.39 is 15.8 Å². The lowest BCUT2D eigenvalue weighted by Gasteiger charge is -2.23. The van der Waals surface area contributed by atoms with Crippen molar-refractivity contribution in [3.63, 3.8) is 0 Å². The Balaban J connectivity index is 1.41. The van der Waals surface area contributed by atoms with Crippen LogP contribution in [-0.2, 0) is 14.8 Å². The maximum Gasteiger partial charge on any atom is 0.261 e. The van der Waals surface area contributed by atoms with E-state index in [1.165, 1.54) is 35.6 Å². The number of nitrogens with zero attached hydrogens (tertiary/aromatic N) is 2. The zero-order valence-electron chi connectivity index (χ0n) is 19.8. The molecule has 0 spiro atoms. The lowest BCUT2D eigenvalue weighted by Crippen LogP contribution is -2.37. The van der Waals surface area contributed by atoms with Crippen molar-refractivity contribution in [3.05, 3.63) is 82.6 Å². The first-order valence-electron chi connectivity index (χ1n) is 11.6. The number of hydrogen-bond acceptors (Lipinski definition) is 6. The van der Waals surface area contributed by atoms with E-state index in [4.69, 9.17) is 21.3 Å². The molecule has 1 aliphatic rings. The van der Waals surface area contributed by atoms with Crippen LogP contribution in [0, 0.1) is 12.7 Å². The highest BCUT2D eigenvalue weighted by Crippen LogP contribution is 2.35. The molecular weight excluding hydrogens is 537 g/mol. The zero-order chi connectivity index (χ0) is 26.2. The summed E-state index contributed by atoms with van der Waals surface area (Å²) in [6, 6.07) is 14.4. The SMILES string of the molecule is Cc1c(Cl)ccc2sc(N(CC3CCCO3)C(=O)c3ccc(NS(=O)(=O)c4ccc(F)cc4)cc3)nc12. The molecule has 3 aromatic carbocycles. The van der Waals surface area contributed by atoms with Crippen LogP contribution in [0.1, 0.15) is 28.8 Å². The zero-order valence-corrected chi connectivity index (χ0v) is 22.2. The molecule has 0 aliphatic carbocycles. The first kappa shape index (κ1) is 25.6. The number of benzene rings is 3. The number of amides is 1. The Hall–Kier alpha value is -3.05. The molecule has 1 aliphatic heterocycles. The van der Waals surface area contributed by atoms with Gasteiger partial charge in [0.15, 0.2) is 5.13 Å². The minimum absolute atomic E-state index is 0.0666. The van der Waals surface area contributed by atoms with Gasteiger partial charge in [0.25, 0.3) is 15.9 Å². The number of rotatable bonds is 7. The summed E-state index contributed by atoms with van der Waals surface area (Å²) in [5.41, 5.74) is 2.25. The van der Waals surface area contributed by atoms with Gasteiger partial charge in [-0.1, -0.05) is 22.9 Å². The van der Waals surface area contributed by atoms with Crippen molar-refractivity contribution < 1.29 is 22.3 Å². The largest absolute Gasteiger partial charge is 0.376 e. The summed E-state index contributed by atoms with van der Waals surface area (Å²) < 4.78 is 47.6. The molecule has 7 nitrogen and oxygen atoms in total. The number of sulfonamides is 1. The van der Waals surface area contributed by atoms with Crippen molar-refractivity contribution in [2.24, 2.45) is 0 Å². The second kappa shape index (κ2) is 10.4. The molecule has 11 heteroatoms. The van der Waals surface area contributed by atoms with Crippen LogP contribution in [0.5, 0.6) is 0 Å². The molecule has 37 heavy (non-hydrogen) atoms. The summed E-state index contributed by atoms with van der Waals surface area (Å²) in [6.07, 6.45) is 1.69. The minimum Gasteiger partial charge on any atom is -0.376 e. The molecule has 4 aromatic rings. The Morgan fingerprint density at radius 1 is 1.16 bits per heavy atom. The fourth-order valence-electron chi connectivity index (χ4n) is 4.11. The lowest BCUT2D eigenvalue weighted by atomic mass is 10.1. The number of hydrogen-bond donors (Lipinski definition) is 1. The van der Waals surface area contributed by atoms with Gasteiger partial charge in [0.05, 0.1) is 27.8 Å². The molecule has 1 atom stereocenters. The van der Waals surface area contributed by atoms with Crippen molar-refractivity contribution in [1.82, 2.24) is 4.98 Å². The Morgan fingerprint density at radius 3 is 2.57 bits per heavy atom. The van der Waals surface area contributed by atoms with Crippen LogP contribution < -0.4 is 9.62 Å². The van der Waals surface area contributed by atoms with Crippen molar-refractivity contribution in [3.8, 4) is 0 Å². The van der Waals surface area contributed by atoms with Gasteiger partial charge >= 0.3 is 0 Å². The second-order valence-corrected chi connectivity index (χ2v) is 11.8. The van der Waals surface area contributed by atoms with Crippen LogP contribution in [0.25, 0.3) is 10.2 Å². The van der Waals surface area contributed by atoms with Gasteiger partial charge in [-0.2, -0.15) is 0 Å². The van der Waals surface area contributed by atoms with Crippen molar-refractivity contribution >= 4 is 59.9 Å². The first-order chi connectivity index (χ1) is 17.7. The quantitative estimate of drug-likeness (QED) is 0.299. The van der Waals surface area contributed by atoms with E-state index in [1.54, 1.807) is 17.0 Å². The third-order valence-electron chi connectivity index (χ3n) is 6.13. The van der Waals surface area contributed by atoms with Crippen LogP contribution >= 0.6 is 22.9 Å².